The highest BCUT2D eigenvalue weighted by Crippen LogP contribution is 2.35. The highest BCUT2D eigenvalue weighted by molar-refractivity contribution is 5.76. The molecule has 0 aliphatic heterocycles. The van der Waals surface area contributed by atoms with Crippen LogP contribution in [0, 0.1) is 17.5 Å². The number of halogens is 3. The summed E-state index contributed by atoms with van der Waals surface area (Å²) >= 11 is 0. The van der Waals surface area contributed by atoms with Crippen LogP contribution in [-0.4, -0.2) is 30.7 Å². The van der Waals surface area contributed by atoms with Crippen molar-refractivity contribution in [2.75, 3.05) is 11.1 Å². The van der Waals surface area contributed by atoms with Crippen LogP contribution in [0.1, 0.15) is 31.7 Å². The molecule has 0 amide bonds. The molecule has 1 aliphatic carbocycles. The molecule has 0 unspecified atom stereocenters. The van der Waals surface area contributed by atoms with Gasteiger partial charge in [0.05, 0.1) is 12.3 Å². The maximum absolute atomic E-state index is 14.1. The van der Waals surface area contributed by atoms with E-state index in [0.29, 0.717) is 49.0 Å². The predicted molar refractivity (Wildman–Crippen MR) is 92.8 cm³/mol. The molecule has 4 rings (SSSR count). The van der Waals surface area contributed by atoms with Gasteiger partial charge in [0.2, 0.25) is 11.9 Å². The molecular weight excluding hydrogens is 361 g/mol. The number of fused-ring (bicyclic) bond motifs is 1. The van der Waals surface area contributed by atoms with Gasteiger partial charge in [-0.3, -0.25) is 4.57 Å². The van der Waals surface area contributed by atoms with Crippen LogP contribution in [0.25, 0.3) is 11.2 Å². The van der Waals surface area contributed by atoms with E-state index in [0.717, 1.165) is 0 Å². The van der Waals surface area contributed by atoms with Crippen LogP contribution in [0.3, 0.4) is 0 Å². The number of benzene rings is 1. The third kappa shape index (κ3) is 3.27. The van der Waals surface area contributed by atoms with Gasteiger partial charge in [-0.05, 0) is 25.7 Å². The zero-order valence-corrected chi connectivity index (χ0v) is 14.2. The zero-order chi connectivity index (χ0) is 19.1. The van der Waals surface area contributed by atoms with Gasteiger partial charge in [-0.15, -0.1) is 0 Å². The van der Waals surface area contributed by atoms with E-state index in [-0.39, 0.29) is 24.0 Å². The molecule has 0 saturated heterocycles. The highest BCUT2D eigenvalue weighted by atomic mass is 19.1. The van der Waals surface area contributed by atoms with E-state index in [1.165, 1.54) is 6.20 Å². The largest absolute Gasteiger partial charge is 0.393 e. The first-order valence-electron chi connectivity index (χ1n) is 8.52. The van der Waals surface area contributed by atoms with Crippen molar-refractivity contribution in [1.29, 1.82) is 0 Å². The van der Waals surface area contributed by atoms with Crippen molar-refractivity contribution in [2.45, 2.75) is 37.8 Å². The van der Waals surface area contributed by atoms with Gasteiger partial charge in [0.15, 0.2) is 17.3 Å². The standard InChI is InChI=1S/C17H17F3N6O/c18-8-5-11(19)14(12(20)6-8)24-17-23-13-7-22-16(21)25-15(13)26(17)9-1-3-10(27)4-2-9/h5-7,9-10,27H,1-4H2,(H,23,24)(H2,21,22,25)/t9-,10+. The first-order chi connectivity index (χ1) is 12.9. The summed E-state index contributed by atoms with van der Waals surface area (Å²) in [5.74, 6) is -2.96. The Balaban J connectivity index is 1.81. The maximum atomic E-state index is 14.1. The van der Waals surface area contributed by atoms with Crippen LogP contribution in [0.4, 0.5) is 30.8 Å². The number of rotatable bonds is 3. The average molecular weight is 378 g/mol. The molecule has 27 heavy (non-hydrogen) atoms. The molecule has 7 nitrogen and oxygen atoms in total. The van der Waals surface area contributed by atoms with Gasteiger partial charge in [0.1, 0.15) is 17.0 Å². The molecule has 1 aliphatic rings. The summed E-state index contributed by atoms with van der Waals surface area (Å²) < 4.78 is 43.1. The number of aromatic nitrogens is 4. The summed E-state index contributed by atoms with van der Waals surface area (Å²) in [7, 11) is 0. The first kappa shape index (κ1) is 17.5. The van der Waals surface area contributed by atoms with E-state index < -0.39 is 23.1 Å². The van der Waals surface area contributed by atoms with Crippen molar-refractivity contribution in [3.8, 4) is 0 Å². The molecule has 0 atom stereocenters. The molecular formula is C17H17F3N6O. The molecule has 3 aromatic rings. The van der Waals surface area contributed by atoms with E-state index in [9.17, 15) is 18.3 Å². The number of imidazole rings is 1. The summed E-state index contributed by atoms with van der Waals surface area (Å²) in [6.07, 6.45) is 3.50. The fourth-order valence-electron chi connectivity index (χ4n) is 3.43. The minimum absolute atomic E-state index is 0.0465. The highest BCUT2D eigenvalue weighted by Gasteiger charge is 2.27. The summed E-state index contributed by atoms with van der Waals surface area (Å²) in [6, 6.07) is 1.09. The van der Waals surface area contributed by atoms with E-state index in [1.54, 1.807) is 4.57 Å². The molecule has 0 spiro atoms. The Morgan fingerprint density at radius 3 is 2.41 bits per heavy atom. The van der Waals surface area contributed by atoms with Gasteiger partial charge < -0.3 is 16.2 Å². The van der Waals surface area contributed by atoms with Crippen molar-refractivity contribution in [3.05, 3.63) is 35.8 Å². The Hall–Kier alpha value is -2.88. The Morgan fingerprint density at radius 1 is 1.07 bits per heavy atom. The lowest BCUT2D eigenvalue weighted by Gasteiger charge is -2.28. The Bertz CT molecular complexity index is 977. The molecule has 142 valence electrons. The molecule has 1 fully saturated rings. The van der Waals surface area contributed by atoms with Crippen molar-refractivity contribution < 1.29 is 18.3 Å². The molecule has 2 heterocycles. The number of aliphatic hydroxyl groups excluding tert-OH is 1. The van der Waals surface area contributed by atoms with Crippen molar-refractivity contribution in [1.82, 2.24) is 19.5 Å². The average Bonchev–Trinajstić information content (AvgIpc) is 2.96. The third-order valence-electron chi connectivity index (χ3n) is 4.73. The number of nitrogen functional groups attached to an aromatic ring is 1. The Morgan fingerprint density at radius 2 is 1.74 bits per heavy atom. The molecule has 0 radical (unpaired) electrons. The third-order valence-corrected chi connectivity index (χ3v) is 4.73. The predicted octanol–water partition coefficient (Wildman–Crippen LogP) is 3.05. The van der Waals surface area contributed by atoms with Crippen LogP contribution in [0.15, 0.2) is 18.3 Å². The fraction of sp³-hybridized carbons (Fsp3) is 0.353. The quantitative estimate of drug-likeness (QED) is 0.648. The Kier molecular flexibility index (Phi) is 4.34. The molecule has 0 bridgehead atoms. The van der Waals surface area contributed by atoms with Gasteiger partial charge in [0, 0.05) is 18.2 Å². The van der Waals surface area contributed by atoms with E-state index >= 15 is 0 Å². The minimum Gasteiger partial charge on any atom is -0.393 e. The lowest BCUT2D eigenvalue weighted by Crippen LogP contribution is -2.22. The monoisotopic (exact) mass is 378 g/mol. The minimum atomic E-state index is -1.07. The molecule has 2 aromatic heterocycles. The van der Waals surface area contributed by atoms with Crippen molar-refractivity contribution >= 4 is 28.7 Å². The number of hydrogen-bond donors (Lipinski definition) is 3. The summed E-state index contributed by atoms with van der Waals surface area (Å²) in [4.78, 5) is 12.4. The number of nitrogens with two attached hydrogens (primary N) is 1. The van der Waals surface area contributed by atoms with Gasteiger partial charge in [-0.1, -0.05) is 0 Å². The lowest BCUT2D eigenvalue weighted by molar-refractivity contribution is 0.112. The summed E-state index contributed by atoms with van der Waals surface area (Å²) in [6.45, 7) is 0. The number of nitrogens with zero attached hydrogens (tertiary/aromatic N) is 4. The Labute approximate surface area is 152 Å². The van der Waals surface area contributed by atoms with Crippen molar-refractivity contribution in [3.63, 3.8) is 0 Å². The van der Waals surface area contributed by atoms with Gasteiger partial charge in [-0.25, -0.2) is 23.1 Å². The van der Waals surface area contributed by atoms with E-state index in [4.69, 9.17) is 5.73 Å². The van der Waals surface area contributed by atoms with Crippen LogP contribution in [0.2, 0.25) is 0 Å². The topological polar surface area (TPSA) is 102 Å². The SMILES string of the molecule is Nc1ncc2nc(Nc3c(F)cc(F)cc3F)n([C@H]3CC[C@@H](O)CC3)c2n1. The van der Waals surface area contributed by atoms with E-state index in [2.05, 4.69) is 20.3 Å². The normalized spacial score (nSPS) is 20.1. The van der Waals surface area contributed by atoms with Crippen molar-refractivity contribution in [2.24, 2.45) is 0 Å². The van der Waals surface area contributed by atoms with Crippen LogP contribution in [-0.2, 0) is 0 Å². The summed E-state index contributed by atoms with van der Waals surface area (Å²) in [5, 5.41) is 12.4. The van der Waals surface area contributed by atoms with Crippen LogP contribution >= 0.6 is 0 Å². The van der Waals surface area contributed by atoms with Crippen LogP contribution < -0.4 is 11.1 Å². The number of anilines is 3. The maximum Gasteiger partial charge on any atom is 0.222 e. The second kappa shape index (κ2) is 6.69. The number of nitrogens with one attached hydrogen (secondary N) is 1. The fourth-order valence-corrected chi connectivity index (χ4v) is 3.43. The second-order valence-corrected chi connectivity index (χ2v) is 6.57. The van der Waals surface area contributed by atoms with Gasteiger partial charge in [0.25, 0.3) is 0 Å². The summed E-state index contributed by atoms with van der Waals surface area (Å²) in [5.41, 5.74) is 6.00. The molecule has 10 heteroatoms. The molecule has 1 saturated carbocycles. The molecule has 1 aromatic carbocycles. The number of hydrogen-bond acceptors (Lipinski definition) is 6. The first-order valence-corrected chi connectivity index (χ1v) is 8.52. The van der Waals surface area contributed by atoms with Gasteiger partial charge >= 0.3 is 0 Å². The van der Waals surface area contributed by atoms with Gasteiger partial charge in [-0.2, -0.15) is 4.98 Å². The van der Waals surface area contributed by atoms with E-state index in [1.807, 2.05) is 0 Å². The second-order valence-electron chi connectivity index (χ2n) is 6.57. The number of aliphatic hydroxyl groups is 1. The van der Waals surface area contributed by atoms with Crippen LogP contribution in [0.5, 0.6) is 0 Å². The zero-order valence-electron chi connectivity index (χ0n) is 14.2. The smallest absolute Gasteiger partial charge is 0.222 e. The lowest BCUT2D eigenvalue weighted by atomic mass is 9.93. The molecule has 4 N–H and O–H groups in total.